The van der Waals surface area contributed by atoms with Crippen molar-refractivity contribution in [2.24, 2.45) is 5.73 Å². The zero-order chi connectivity index (χ0) is 18.9. The molecule has 1 heterocycles. The Balaban J connectivity index is 1.56. The first-order chi connectivity index (χ1) is 12.3. The summed E-state index contributed by atoms with van der Waals surface area (Å²) in [6.45, 7) is 2.87. The van der Waals surface area contributed by atoms with Crippen molar-refractivity contribution in [1.29, 1.82) is 0 Å². The number of amides is 1. The van der Waals surface area contributed by atoms with Crippen LogP contribution in [-0.4, -0.2) is 23.4 Å². The van der Waals surface area contributed by atoms with Gasteiger partial charge in [0.1, 0.15) is 0 Å². The van der Waals surface area contributed by atoms with Crippen LogP contribution in [0.25, 0.3) is 0 Å². The highest BCUT2D eigenvalue weighted by molar-refractivity contribution is 5.92. The summed E-state index contributed by atoms with van der Waals surface area (Å²) in [6.07, 6.45) is -2.57. The third-order valence-corrected chi connectivity index (χ3v) is 4.90. The third kappa shape index (κ3) is 4.25. The summed E-state index contributed by atoms with van der Waals surface area (Å²) in [5.41, 5.74) is 6.95. The topological polar surface area (TPSA) is 46.1 Å². The first-order valence-electron chi connectivity index (χ1n) is 8.57. The Hall–Kier alpha value is -2.34. The van der Waals surface area contributed by atoms with E-state index in [2.05, 4.69) is 11.8 Å². The molecule has 26 heavy (non-hydrogen) atoms. The molecule has 2 aromatic carbocycles. The van der Waals surface area contributed by atoms with Gasteiger partial charge in [-0.25, -0.2) is 0 Å². The molecule has 0 aromatic heterocycles. The maximum absolute atomic E-state index is 12.9. The van der Waals surface area contributed by atoms with Crippen molar-refractivity contribution in [1.82, 2.24) is 4.90 Å². The second-order valence-electron chi connectivity index (χ2n) is 6.78. The molecule has 1 fully saturated rings. The summed E-state index contributed by atoms with van der Waals surface area (Å²) in [6, 6.07) is 13.1. The van der Waals surface area contributed by atoms with Crippen molar-refractivity contribution in [2.45, 2.75) is 38.0 Å². The van der Waals surface area contributed by atoms with E-state index in [1.165, 1.54) is 12.1 Å². The van der Waals surface area contributed by atoms with Crippen LogP contribution >= 0.6 is 0 Å². The predicted octanol–water partition coefficient (Wildman–Crippen LogP) is 4.18. The number of primary amides is 1. The van der Waals surface area contributed by atoms with Crippen LogP contribution in [-0.2, 0) is 12.6 Å². The fraction of sp³-hybridized carbons (Fsp3) is 0.350. The Kier molecular flexibility index (Phi) is 5.05. The molecule has 3 rings (SSSR count). The Morgan fingerprint density at radius 2 is 1.92 bits per heavy atom. The Morgan fingerprint density at radius 3 is 2.54 bits per heavy atom. The van der Waals surface area contributed by atoms with Gasteiger partial charge in [-0.3, -0.25) is 9.69 Å². The molecule has 0 bridgehead atoms. The molecule has 2 aromatic rings. The van der Waals surface area contributed by atoms with Gasteiger partial charge in [0, 0.05) is 24.2 Å². The van der Waals surface area contributed by atoms with Crippen molar-refractivity contribution in [3.05, 3.63) is 70.8 Å². The number of rotatable bonds is 6. The molecule has 1 aliphatic heterocycles. The summed E-state index contributed by atoms with van der Waals surface area (Å²) in [7, 11) is 0. The minimum Gasteiger partial charge on any atom is -0.366 e. The summed E-state index contributed by atoms with van der Waals surface area (Å²) in [5, 5.41) is 0. The van der Waals surface area contributed by atoms with E-state index in [0.717, 1.165) is 36.6 Å². The Labute approximate surface area is 150 Å². The minimum atomic E-state index is -4.31. The van der Waals surface area contributed by atoms with Crippen LogP contribution in [0.1, 0.15) is 46.4 Å². The van der Waals surface area contributed by atoms with E-state index < -0.39 is 17.6 Å². The minimum absolute atomic E-state index is 0.0598. The van der Waals surface area contributed by atoms with Gasteiger partial charge in [0.05, 0.1) is 5.56 Å². The zero-order valence-corrected chi connectivity index (χ0v) is 14.5. The molecule has 0 aliphatic carbocycles. The molecule has 2 N–H and O–H groups in total. The summed E-state index contributed by atoms with van der Waals surface area (Å²) < 4.78 is 38.6. The molecule has 1 aliphatic rings. The van der Waals surface area contributed by atoms with Crippen LogP contribution < -0.4 is 5.73 Å². The number of aryl methyl sites for hydroxylation is 1. The molecule has 138 valence electrons. The first kappa shape index (κ1) is 18.5. The summed E-state index contributed by atoms with van der Waals surface area (Å²) in [5.74, 6) is -0.446. The van der Waals surface area contributed by atoms with Gasteiger partial charge in [-0.2, -0.15) is 13.2 Å². The molecule has 1 saturated heterocycles. The monoisotopic (exact) mass is 362 g/mol. The lowest BCUT2D eigenvalue weighted by Gasteiger charge is -2.15. The zero-order valence-electron chi connectivity index (χ0n) is 14.5. The highest BCUT2D eigenvalue weighted by atomic mass is 19.4. The second-order valence-corrected chi connectivity index (χ2v) is 6.78. The SMILES string of the molecule is CC(CCc1ccc(C(N)=O)cc1)N1C[C@H]1c1cccc(C(F)(F)F)c1. The van der Waals surface area contributed by atoms with E-state index in [4.69, 9.17) is 5.73 Å². The number of nitrogens with zero attached hydrogens (tertiary/aromatic N) is 1. The van der Waals surface area contributed by atoms with Crippen LogP contribution in [0.3, 0.4) is 0 Å². The van der Waals surface area contributed by atoms with Gasteiger partial charge < -0.3 is 5.73 Å². The van der Waals surface area contributed by atoms with Crippen molar-refractivity contribution in [3.8, 4) is 0 Å². The van der Waals surface area contributed by atoms with Crippen LogP contribution in [0.5, 0.6) is 0 Å². The summed E-state index contributed by atoms with van der Waals surface area (Å²) in [4.78, 5) is 13.3. The van der Waals surface area contributed by atoms with E-state index in [9.17, 15) is 18.0 Å². The van der Waals surface area contributed by atoms with Crippen LogP contribution in [0, 0.1) is 0 Å². The van der Waals surface area contributed by atoms with Gasteiger partial charge in [0.2, 0.25) is 5.91 Å². The lowest BCUT2D eigenvalue weighted by molar-refractivity contribution is -0.137. The number of nitrogens with two attached hydrogens (primary N) is 1. The molecule has 0 spiro atoms. The Morgan fingerprint density at radius 1 is 1.23 bits per heavy atom. The number of hydrogen-bond donors (Lipinski definition) is 1. The number of halogens is 3. The van der Waals surface area contributed by atoms with Crippen molar-refractivity contribution < 1.29 is 18.0 Å². The highest BCUT2D eigenvalue weighted by Crippen LogP contribution is 2.40. The summed E-state index contributed by atoms with van der Waals surface area (Å²) >= 11 is 0. The van der Waals surface area contributed by atoms with Crippen molar-refractivity contribution in [2.75, 3.05) is 6.54 Å². The average molecular weight is 362 g/mol. The number of carbonyl (C=O) groups is 1. The normalized spacial score (nSPS) is 20.6. The van der Waals surface area contributed by atoms with Crippen LogP contribution in [0.2, 0.25) is 0 Å². The van der Waals surface area contributed by atoms with E-state index in [-0.39, 0.29) is 12.1 Å². The largest absolute Gasteiger partial charge is 0.416 e. The molecule has 1 amide bonds. The van der Waals surface area contributed by atoms with Crippen molar-refractivity contribution in [3.63, 3.8) is 0 Å². The first-order valence-corrected chi connectivity index (χ1v) is 8.57. The fourth-order valence-corrected chi connectivity index (χ4v) is 3.24. The number of benzene rings is 2. The average Bonchev–Trinajstić information content (AvgIpc) is 3.40. The fourth-order valence-electron chi connectivity index (χ4n) is 3.24. The predicted molar refractivity (Wildman–Crippen MR) is 93.6 cm³/mol. The molecule has 0 saturated carbocycles. The lowest BCUT2D eigenvalue weighted by atomic mass is 10.0. The molecule has 0 radical (unpaired) electrons. The van der Waals surface area contributed by atoms with E-state index in [0.29, 0.717) is 5.56 Å². The van der Waals surface area contributed by atoms with E-state index in [1.54, 1.807) is 18.2 Å². The smallest absolute Gasteiger partial charge is 0.366 e. The molecule has 3 atom stereocenters. The number of alkyl halides is 3. The van der Waals surface area contributed by atoms with Gasteiger partial charge in [0.25, 0.3) is 0 Å². The number of hydrogen-bond acceptors (Lipinski definition) is 2. The lowest BCUT2D eigenvalue weighted by Crippen LogP contribution is -2.16. The molecule has 6 heteroatoms. The van der Waals surface area contributed by atoms with E-state index in [1.807, 2.05) is 12.1 Å². The standard InChI is InChI=1S/C20H21F3N2O/c1-13(5-6-14-7-9-15(10-8-14)19(24)26)25-12-18(25)16-3-2-4-17(11-16)20(21,22)23/h2-4,7-11,13,18H,5-6,12H2,1H3,(H2,24,26)/t13?,18-,25?/m0/s1. The molecule has 3 nitrogen and oxygen atoms in total. The maximum Gasteiger partial charge on any atom is 0.416 e. The second kappa shape index (κ2) is 7.11. The highest BCUT2D eigenvalue weighted by Gasteiger charge is 2.40. The maximum atomic E-state index is 12.9. The molecular weight excluding hydrogens is 341 g/mol. The van der Waals surface area contributed by atoms with Gasteiger partial charge in [-0.15, -0.1) is 0 Å². The van der Waals surface area contributed by atoms with Gasteiger partial charge in [0.15, 0.2) is 0 Å². The third-order valence-electron chi connectivity index (χ3n) is 4.90. The van der Waals surface area contributed by atoms with Crippen LogP contribution in [0.15, 0.2) is 48.5 Å². The van der Waals surface area contributed by atoms with Gasteiger partial charge in [-0.1, -0.05) is 24.3 Å². The van der Waals surface area contributed by atoms with E-state index >= 15 is 0 Å². The van der Waals surface area contributed by atoms with Gasteiger partial charge >= 0.3 is 6.18 Å². The quantitative estimate of drug-likeness (QED) is 0.784. The van der Waals surface area contributed by atoms with Crippen LogP contribution in [0.4, 0.5) is 13.2 Å². The van der Waals surface area contributed by atoms with Crippen molar-refractivity contribution >= 4 is 5.91 Å². The number of carbonyl (C=O) groups excluding carboxylic acids is 1. The molecule has 2 unspecified atom stereocenters. The molecular formula is C20H21F3N2O. The van der Waals surface area contributed by atoms with Gasteiger partial charge in [-0.05, 0) is 55.2 Å². The Bertz CT molecular complexity index is 786.